The Labute approximate surface area is 186 Å². The number of hydrogen-bond donors (Lipinski definition) is 0. The second-order valence-corrected chi connectivity index (χ2v) is 8.02. The number of carbonyl (C=O) groups is 1. The van der Waals surface area contributed by atoms with Gasteiger partial charge < -0.3 is 14.5 Å². The number of hydrogen-bond acceptors (Lipinski definition) is 6. The van der Waals surface area contributed by atoms with Crippen LogP contribution in [-0.2, 0) is 12.8 Å². The number of methoxy groups -OCH3 is 1. The van der Waals surface area contributed by atoms with Crippen molar-refractivity contribution in [3.8, 4) is 5.75 Å². The van der Waals surface area contributed by atoms with Crippen molar-refractivity contribution in [1.82, 2.24) is 24.5 Å². The lowest BCUT2D eigenvalue weighted by atomic mass is 10.1. The molecule has 0 atom stereocenters. The quantitative estimate of drug-likeness (QED) is 0.583. The highest BCUT2D eigenvalue weighted by molar-refractivity contribution is 6.30. The minimum atomic E-state index is -0.0479. The van der Waals surface area contributed by atoms with Crippen LogP contribution in [-0.4, -0.2) is 63.7 Å². The van der Waals surface area contributed by atoms with Gasteiger partial charge in [0.2, 0.25) is 0 Å². The van der Waals surface area contributed by atoms with Gasteiger partial charge in [-0.25, -0.2) is 0 Å². The molecule has 9 heteroatoms. The summed E-state index contributed by atoms with van der Waals surface area (Å²) in [6, 6.07) is 7.24. The first-order chi connectivity index (χ1) is 15.0. The molecule has 0 N–H and O–H groups in total. The number of rotatable bonds is 6. The third kappa shape index (κ3) is 4.17. The van der Waals surface area contributed by atoms with E-state index >= 15 is 0 Å². The second kappa shape index (κ2) is 9.09. The number of amides is 1. The number of aromatic nitrogens is 4. The van der Waals surface area contributed by atoms with Crippen LogP contribution in [0.4, 0.5) is 5.82 Å². The van der Waals surface area contributed by atoms with Crippen LogP contribution in [0, 0.1) is 0 Å². The van der Waals surface area contributed by atoms with Gasteiger partial charge in [-0.05, 0) is 24.6 Å². The fourth-order valence-electron chi connectivity index (χ4n) is 4.00. The summed E-state index contributed by atoms with van der Waals surface area (Å²) in [6.07, 6.45) is 2.78. The van der Waals surface area contributed by atoms with Crippen molar-refractivity contribution in [2.45, 2.75) is 33.1 Å². The van der Waals surface area contributed by atoms with E-state index in [0.717, 1.165) is 30.9 Å². The molecule has 0 saturated carbocycles. The van der Waals surface area contributed by atoms with Crippen LogP contribution >= 0.6 is 11.6 Å². The second-order valence-electron chi connectivity index (χ2n) is 7.58. The molecule has 164 valence electrons. The van der Waals surface area contributed by atoms with Gasteiger partial charge in [-0.3, -0.25) is 9.20 Å². The van der Waals surface area contributed by atoms with Gasteiger partial charge in [-0.15, -0.1) is 10.2 Å². The Morgan fingerprint density at radius 3 is 2.58 bits per heavy atom. The van der Waals surface area contributed by atoms with E-state index in [9.17, 15) is 4.79 Å². The molecule has 0 radical (unpaired) electrons. The van der Waals surface area contributed by atoms with E-state index in [0.29, 0.717) is 48.3 Å². The molecule has 1 saturated heterocycles. The summed E-state index contributed by atoms with van der Waals surface area (Å²) in [5.74, 6) is 2.91. The van der Waals surface area contributed by atoms with Crippen molar-refractivity contribution in [3.63, 3.8) is 0 Å². The number of nitrogens with zero attached hydrogens (tertiary/aromatic N) is 6. The summed E-state index contributed by atoms with van der Waals surface area (Å²) in [7, 11) is 1.55. The minimum absolute atomic E-state index is 0.0479. The van der Waals surface area contributed by atoms with E-state index in [1.807, 2.05) is 4.90 Å². The lowest BCUT2D eigenvalue weighted by Crippen LogP contribution is -2.49. The van der Waals surface area contributed by atoms with Crippen molar-refractivity contribution in [2.75, 3.05) is 38.2 Å². The molecule has 1 aliphatic heterocycles. The minimum Gasteiger partial charge on any atom is -0.496 e. The molecular formula is C22H27ClN6O2. The topological polar surface area (TPSA) is 75.9 Å². The number of ether oxygens (including phenoxy) is 1. The Morgan fingerprint density at radius 2 is 1.90 bits per heavy atom. The van der Waals surface area contributed by atoms with E-state index in [4.69, 9.17) is 21.3 Å². The number of fused-ring (bicyclic) bond motifs is 1. The smallest absolute Gasteiger partial charge is 0.257 e. The fraction of sp³-hybridized carbons (Fsp3) is 0.455. The number of aryl methyl sites for hydroxylation is 2. The molecule has 1 aromatic carbocycles. The van der Waals surface area contributed by atoms with Crippen molar-refractivity contribution >= 4 is 29.1 Å². The van der Waals surface area contributed by atoms with Crippen molar-refractivity contribution in [3.05, 3.63) is 46.4 Å². The van der Waals surface area contributed by atoms with Crippen LogP contribution in [0.2, 0.25) is 5.02 Å². The number of piperazine rings is 1. The molecule has 4 rings (SSSR count). The van der Waals surface area contributed by atoms with Gasteiger partial charge >= 0.3 is 0 Å². The first-order valence-corrected chi connectivity index (χ1v) is 11.0. The first-order valence-electron chi connectivity index (χ1n) is 10.7. The summed E-state index contributed by atoms with van der Waals surface area (Å²) < 4.78 is 7.42. The third-order valence-corrected chi connectivity index (χ3v) is 5.85. The zero-order valence-electron chi connectivity index (χ0n) is 18.1. The predicted molar refractivity (Wildman–Crippen MR) is 120 cm³/mol. The number of anilines is 1. The Hall–Kier alpha value is -2.87. The Bertz CT molecular complexity index is 1090. The van der Waals surface area contributed by atoms with Gasteiger partial charge in [0.15, 0.2) is 0 Å². The lowest BCUT2D eigenvalue weighted by molar-refractivity contribution is 0.0743. The van der Waals surface area contributed by atoms with Gasteiger partial charge in [0.25, 0.3) is 11.7 Å². The molecule has 0 unspecified atom stereocenters. The maximum Gasteiger partial charge on any atom is 0.257 e. The van der Waals surface area contributed by atoms with Crippen LogP contribution < -0.4 is 9.64 Å². The highest BCUT2D eigenvalue weighted by atomic mass is 35.5. The van der Waals surface area contributed by atoms with Gasteiger partial charge in [-0.2, -0.15) is 4.98 Å². The molecule has 3 aromatic rings. The van der Waals surface area contributed by atoms with Gasteiger partial charge in [0, 0.05) is 49.4 Å². The maximum atomic E-state index is 13.0. The van der Waals surface area contributed by atoms with E-state index in [1.165, 1.54) is 5.69 Å². The summed E-state index contributed by atoms with van der Waals surface area (Å²) in [5, 5.41) is 9.12. The zero-order valence-corrected chi connectivity index (χ0v) is 18.9. The average Bonchev–Trinajstić information content (AvgIpc) is 3.22. The van der Waals surface area contributed by atoms with Gasteiger partial charge in [0.05, 0.1) is 12.7 Å². The number of benzene rings is 1. The van der Waals surface area contributed by atoms with Crippen LogP contribution in [0.1, 0.15) is 42.1 Å². The average molecular weight is 443 g/mol. The Kier molecular flexibility index (Phi) is 6.27. The first kappa shape index (κ1) is 21.4. The van der Waals surface area contributed by atoms with Crippen molar-refractivity contribution in [2.24, 2.45) is 0 Å². The molecule has 31 heavy (non-hydrogen) atoms. The van der Waals surface area contributed by atoms with Crippen LogP contribution in [0.3, 0.4) is 0 Å². The molecule has 3 heterocycles. The Morgan fingerprint density at radius 1 is 1.13 bits per heavy atom. The summed E-state index contributed by atoms with van der Waals surface area (Å²) in [5.41, 5.74) is 1.70. The van der Waals surface area contributed by atoms with E-state index in [1.54, 1.807) is 25.3 Å². The van der Waals surface area contributed by atoms with Crippen LogP contribution in [0.15, 0.2) is 24.3 Å². The monoisotopic (exact) mass is 442 g/mol. The van der Waals surface area contributed by atoms with Gasteiger partial charge in [0.1, 0.15) is 17.4 Å². The molecule has 0 aliphatic carbocycles. The van der Waals surface area contributed by atoms with E-state index in [-0.39, 0.29) is 5.91 Å². The highest BCUT2D eigenvalue weighted by Gasteiger charge is 2.26. The molecule has 1 aliphatic rings. The van der Waals surface area contributed by atoms with E-state index in [2.05, 4.69) is 39.4 Å². The van der Waals surface area contributed by atoms with Crippen molar-refractivity contribution in [1.29, 1.82) is 0 Å². The summed E-state index contributed by atoms with van der Waals surface area (Å²) in [4.78, 5) is 21.8. The third-order valence-electron chi connectivity index (χ3n) is 5.62. The molecule has 0 bridgehead atoms. The van der Waals surface area contributed by atoms with Crippen molar-refractivity contribution < 1.29 is 9.53 Å². The van der Waals surface area contributed by atoms with Crippen LogP contribution in [0.5, 0.6) is 5.75 Å². The summed E-state index contributed by atoms with van der Waals surface area (Å²) in [6.45, 7) is 6.85. The molecule has 1 fully saturated rings. The molecule has 1 amide bonds. The molecule has 2 aromatic heterocycles. The molecule has 0 spiro atoms. The number of halogens is 1. The number of carbonyl (C=O) groups excluding carboxylic acids is 1. The molecule has 8 nitrogen and oxygen atoms in total. The standard InChI is InChI=1S/C22H27ClN6O2/c1-4-6-16-14-20(24-22-26-25-19(5-2)29(16)22)27-9-11-28(12-10-27)21(30)17-8-7-15(23)13-18(17)31-3/h7-8,13-14H,4-6,9-12H2,1-3H3. The Balaban J connectivity index is 1.52. The van der Waals surface area contributed by atoms with E-state index < -0.39 is 0 Å². The molecular weight excluding hydrogens is 416 g/mol. The van der Waals surface area contributed by atoms with Crippen LogP contribution in [0.25, 0.3) is 5.78 Å². The zero-order chi connectivity index (χ0) is 22.0. The SMILES string of the molecule is CCCc1cc(N2CCN(C(=O)c3ccc(Cl)cc3OC)CC2)nc2nnc(CC)n12. The van der Waals surface area contributed by atoms with Gasteiger partial charge in [-0.1, -0.05) is 31.9 Å². The normalized spacial score (nSPS) is 14.3. The maximum absolute atomic E-state index is 13.0. The predicted octanol–water partition coefficient (Wildman–Crippen LogP) is 3.26. The lowest BCUT2D eigenvalue weighted by Gasteiger charge is -2.35. The fourth-order valence-corrected chi connectivity index (χ4v) is 4.17. The summed E-state index contributed by atoms with van der Waals surface area (Å²) >= 11 is 6.03. The highest BCUT2D eigenvalue weighted by Crippen LogP contribution is 2.26. The largest absolute Gasteiger partial charge is 0.496 e.